The van der Waals surface area contributed by atoms with Crippen molar-refractivity contribution in [1.29, 1.82) is 0 Å². The summed E-state index contributed by atoms with van der Waals surface area (Å²) < 4.78 is 5.70. The van der Waals surface area contributed by atoms with Gasteiger partial charge in [0, 0.05) is 19.2 Å². The van der Waals surface area contributed by atoms with Crippen LogP contribution in [-0.4, -0.2) is 38.1 Å². The first-order valence-electron chi connectivity index (χ1n) is 4.53. The van der Waals surface area contributed by atoms with E-state index in [2.05, 4.69) is 26.6 Å². The second-order valence-corrected chi connectivity index (χ2v) is 4.07. The number of furan rings is 1. The average molecular weight is 276 g/mol. The molecule has 15 heavy (non-hydrogen) atoms. The summed E-state index contributed by atoms with van der Waals surface area (Å²) in [5.74, 6) is 0.421. The van der Waals surface area contributed by atoms with Gasteiger partial charge in [-0.2, -0.15) is 0 Å². The van der Waals surface area contributed by atoms with E-state index in [0.29, 0.717) is 17.1 Å². The molecule has 1 rings (SSSR count). The number of hydrogen-bond donors (Lipinski definition) is 2. The largest absolute Gasteiger partial charge is 0.434 e. The highest BCUT2D eigenvalue weighted by Gasteiger charge is 2.04. The molecule has 0 radical (unpaired) electrons. The summed E-state index contributed by atoms with van der Waals surface area (Å²) in [6.45, 7) is 1.40. The highest BCUT2D eigenvalue weighted by atomic mass is 79.9. The Balaban J connectivity index is 2.24. The molecule has 0 saturated carbocycles. The summed E-state index contributed by atoms with van der Waals surface area (Å²) in [6.07, 6.45) is 0. The quantitative estimate of drug-likeness (QED) is 0.880. The second kappa shape index (κ2) is 5.77. The number of hydrogen-bond acceptors (Lipinski definition) is 3. The zero-order valence-corrected chi connectivity index (χ0v) is 10.3. The number of halogens is 1. The van der Waals surface area contributed by atoms with Crippen LogP contribution < -0.4 is 10.6 Å². The van der Waals surface area contributed by atoms with Crippen molar-refractivity contribution in [1.82, 2.24) is 10.2 Å². The van der Waals surface area contributed by atoms with Gasteiger partial charge in [0.2, 0.25) is 5.88 Å². The van der Waals surface area contributed by atoms with Crippen LogP contribution >= 0.6 is 15.9 Å². The van der Waals surface area contributed by atoms with Gasteiger partial charge in [-0.15, -0.1) is 0 Å². The molecule has 1 aromatic rings. The normalized spacial score (nSPS) is 10.4. The maximum Gasteiger partial charge on any atom is 0.321 e. The first-order valence-corrected chi connectivity index (χ1v) is 5.32. The van der Waals surface area contributed by atoms with Crippen LogP contribution in [0.3, 0.4) is 0 Å². The number of carbonyl (C=O) groups excluding carboxylic acids is 1. The van der Waals surface area contributed by atoms with Crippen LogP contribution in [0.5, 0.6) is 0 Å². The first-order chi connectivity index (χ1) is 7.08. The van der Waals surface area contributed by atoms with E-state index in [-0.39, 0.29) is 6.03 Å². The SMILES string of the molecule is CN(C)CCNC(=O)Nc1ccc(Br)o1. The van der Waals surface area contributed by atoms with Crippen molar-refractivity contribution < 1.29 is 9.21 Å². The maximum absolute atomic E-state index is 11.3. The lowest BCUT2D eigenvalue weighted by molar-refractivity contribution is 0.250. The van der Waals surface area contributed by atoms with Gasteiger partial charge in [0.1, 0.15) is 0 Å². The fraction of sp³-hybridized carbons (Fsp3) is 0.444. The molecule has 0 aliphatic heterocycles. The molecule has 1 heterocycles. The Labute approximate surface area is 96.9 Å². The Morgan fingerprint density at radius 2 is 2.27 bits per heavy atom. The fourth-order valence-electron chi connectivity index (χ4n) is 0.931. The van der Waals surface area contributed by atoms with Crippen LogP contribution in [0, 0.1) is 0 Å². The van der Waals surface area contributed by atoms with Crippen molar-refractivity contribution in [3.05, 3.63) is 16.8 Å². The van der Waals surface area contributed by atoms with Crippen molar-refractivity contribution in [2.45, 2.75) is 0 Å². The third kappa shape index (κ3) is 4.85. The molecule has 2 amide bonds. The molecule has 0 atom stereocenters. The molecule has 0 saturated heterocycles. The van der Waals surface area contributed by atoms with Crippen LogP contribution in [0.4, 0.5) is 10.7 Å². The van der Waals surface area contributed by atoms with E-state index in [0.717, 1.165) is 6.54 Å². The maximum atomic E-state index is 11.3. The van der Waals surface area contributed by atoms with E-state index < -0.39 is 0 Å². The summed E-state index contributed by atoms with van der Waals surface area (Å²) in [4.78, 5) is 13.3. The van der Waals surface area contributed by atoms with Gasteiger partial charge in [-0.1, -0.05) is 0 Å². The number of anilines is 1. The second-order valence-electron chi connectivity index (χ2n) is 3.29. The first kappa shape index (κ1) is 12.1. The van der Waals surface area contributed by atoms with E-state index in [1.807, 2.05) is 19.0 Å². The Morgan fingerprint density at radius 1 is 1.53 bits per heavy atom. The van der Waals surface area contributed by atoms with Crippen LogP contribution in [0.1, 0.15) is 0 Å². The molecule has 5 nitrogen and oxygen atoms in total. The fourth-order valence-corrected chi connectivity index (χ4v) is 1.24. The Bertz CT molecular complexity index is 325. The Hall–Kier alpha value is -1.01. The Kier molecular flexibility index (Phi) is 4.64. The number of carbonyl (C=O) groups is 1. The van der Waals surface area contributed by atoms with Gasteiger partial charge in [-0.25, -0.2) is 4.79 Å². The number of likely N-dealkylation sites (N-methyl/N-ethyl adjacent to an activating group) is 1. The van der Waals surface area contributed by atoms with E-state index in [9.17, 15) is 4.79 Å². The number of rotatable bonds is 4. The van der Waals surface area contributed by atoms with Crippen LogP contribution in [0.15, 0.2) is 21.2 Å². The molecule has 0 aromatic carbocycles. The van der Waals surface area contributed by atoms with E-state index in [1.165, 1.54) is 0 Å². The highest BCUT2D eigenvalue weighted by molar-refractivity contribution is 9.10. The van der Waals surface area contributed by atoms with Crippen molar-refractivity contribution in [2.75, 3.05) is 32.5 Å². The van der Waals surface area contributed by atoms with Gasteiger partial charge in [-0.3, -0.25) is 5.32 Å². The monoisotopic (exact) mass is 275 g/mol. The molecule has 1 aromatic heterocycles. The predicted octanol–water partition coefficient (Wildman–Crippen LogP) is 1.73. The molecule has 0 spiro atoms. The van der Waals surface area contributed by atoms with E-state index >= 15 is 0 Å². The smallest absolute Gasteiger partial charge is 0.321 e. The third-order valence-electron chi connectivity index (χ3n) is 1.65. The van der Waals surface area contributed by atoms with Gasteiger partial charge in [0.05, 0.1) is 0 Å². The van der Waals surface area contributed by atoms with E-state index in [4.69, 9.17) is 4.42 Å². The van der Waals surface area contributed by atoms with Gasteiger partial charge in [0.15, 0.2) is 4.67 Å². The summed E-state index contributed by atoms with van der Waals surface area (Å²) >= 11 is 3.15. The molecule has 0 bridgehead atoms. The van der Waals surface area contributed by atoms with Gasteiger partial charge in [0.25, 0.3) is 0 Å². The topological polar surface area (TPSA) is 57.5 Å². The standard InChI is InChI=1S/C9H14BrN3O2/c1-13(2)6-5-11-9(14)12-8-4-3-7(10)15-8/h3-4H,5-6H2,1-2H3,(H2,11,12,14). The van der Waals surface area contributed by atoms with Crippen molar-refractivity contribution in [2.24, 2.45) is 0 Å². The molecule has 0 unspecified atom stereocenters. The molecule has 84 valence electrons. The molecule has 2 N–H and O–H groups in total. The van der Waals surface area contributed by atoms with Gasteiger partial charge >= 0.3 is 6.03 Å². The van der Waals surface area contributed by atoms with E-state index in [1.54, 1.807) is 12.1 Å². The zero-order valence-electron chi connectivity index (χ0n) is 8.71. The molecule has 0 aliphatic carbocycles. The molecule has 0 aliphatic rings. The van der Waals surface area contributed by atoms with Crippen LogP contribution in [-0.2, 0) is 0 Å². The third-order valence-corrected chi connectivity index (χ3v) is 2.08. The molecule has 6 heteroatoms. The summed E-state index contributed by atoms with van der Waals surface area (Å²) in [5, 5.41) is 5.28. The molecular formula is C9H14BrN3O2. The van der Waals surface area contributed by atoms with Crippen molar-refractivity contribution in [3.8, 4) is 0 Å². The highest BCUT2D eigenvalue weighted by Crippen LogP contribution is 2.17. The summed E-state index contributed by atoms with van der Waals surface area (Å²) in [5.41, 5.74) is 0. The Morgan fingerprint density at radius 3 is 2.80 bits per heavy atom. The number of nitrogens with zero attached hydrogens (tertiary/aromatic N) is 1. The van der Waals surface area contributed by atoms with Gasteiger partial charge in [-0.05, 0) is 36.1 Å². The molecule has 0 fully saturated rings. The number of amides is 2. The average Bonchev–Trinajstić information content (AvgIpc) is 2.50. The summed E-state index contributed by atoms with van der Waals surface area (Å²) in [7, 11) is 3.90. The zero-order chi connectivity index (χ0) is 11.3. The lowest BCUT2D eigenvalue weighted by atomic mass is 10.5. The minimum Gasteiger partial charge on any atom is -0.434 e. The number of nitrogens with one attached hydrogen (secondary N) is 2. The predicted molar refractivity (Wildman–Crippen MR) is 62.0 cm³/mol. The minimum atomic E-state index is -0.265. The lowest BCUT2D eigenvalue weighted by Gasteiger charge is -2.10. The van der Waals surface area contributed by atoms with Crippen LogP contribution in [0.2, 0.25) is 0 Å². The minimum absolute atomic E-state index is 0.265. The lowest BCUT2D eigenvalue weighted by Crippen LogP contribution is -2.34. The number of urea groups is 1. The van der Waals surface area contributed by atoms with Crippen molar-refractivity contribution >= 4 is 27.8 Å². The van der Waals surface area contributed by atoms with Gasteiger partial charge < -0.3 is 14.6 Å². The van der Waals surface area contributed by atoms with Crippen LogP contribution in [0.25, 0.3) is 0 Å². The molecular weight excluding hydrogens is 262 g/mol. The summed E-state index contributed by atoms with van der Waals surface area (Å²) in [6, 6.07) is 3.13. The van der Waals surface area contributed by atoms with Crippen molar-refractivity contribution in [3.63, 3.8) is 0 Å².